The fourth-order valence-electron chi connectivity index (χ4n) is 3.50. The van der Waals surface area contributed by atoms with Crippen LogP contribution in [0.5, 0.6) is 5.75 Å². The number of rotatable bonds is 6. The number of aliphatic hydroxyl groups excluding tert-OH is 1. The maximum absolute atomic E-state index is 11.5. The number of hydrogen-bond acceptors (Lipinski definition) is 4. The van der Waals surface area contributed by atoms with Gasteiger partial charge in [0.2, 0.25) is 0 Å². The molecule has 5 heteroatoms. The fourth-order valence-corrected chi connectivity index (χ4v) is 3.63. The highest BCUT2D eigenvalue weighted by atomic mass is 35.5. The van der Waals surface area contributed by atoms with E-state index in [9.17, 15) is 9.90 Å². The Morgan fingerprint density at radius 2 is 1.93 bits per heavy atom. The molecule has 1 heterocycles. The van der Waals surface area contributed by atoms with Crippen LogP contribution in [0.25, 0.3) is 0 Å². The summed E-state index contributed by atoms with van der Waals surface area (Å²) in [6.45, 7) is 4.35. The third-order valence-electron chi connectivity index (χ3n) is 4.74. The molecule has 2 aromatic rings. The van der Waals surface area contributed by atoms with Gasteiger partial charge >= 0.3 is 5.97 Å². The van der Waals surface area contributed by atoms with E-state index in [0.717, 1.165) is 34.7 Å². The minimum Gasteiger partial charge on any atom is -0.489 e. The lowest BCUT2D eigenvalue weighted by Gasteiger charge is -2.26. The Bertz CT molecular complexity index is 801. The normalized spacial score (nSPS) is 19.6. The SMILES string of the molecule is Cc1cc(C)c(OCC2CC(O)CC(=O)O2)c(CCc2ccc(Cl)cc2)c1. The highest BCUT2D eigenvalue weighted by Crippen LogP contribution is 2.28. The van der Waals surface area contributed by atoms with Gasteiger partial charge in [0.1, 0.15) is 18.5 Å². The van der Waals surface area contributed by atoms with Crippen LogP contribution in [-0.4, -0.2) is 29.9 Å². The van der Waals surface area contributed by atoms with Crippen molar-refractivity contribution in [1.29, 1.82) is 0 Å². The van der Waals surface area contributed by atoms with E-state index < -0.39 is 12.2 Å². The molecular formula is C22H25ClO4. The molecule has 0 radical (unpaired) electrons. The molecule has 27 heavy (non-hydrogen) atoms. The number of ether oxygens (including phenoxy) is 2. The largest absolute Gasteiger partial charge is 0.489 e. The Kier molecular flexibility index (Phi) is 6.40. The Morgan fingerprint density at radius 3 is 2.63 bits per heavy atom. The Labute approximate surface area is 165 Å². The number of hydrogen-bond donors (Lipinski definition) is 1. The van der Waals surface area contributed by atoms with E-state index in [1.165, 1.54) is 11.1 Å². The molecule has 0 saturated carbocycles. The van der Waals surface area contributed by atoms with Crippen molar-refractivity contribution in [2.24, 2.45) is 0 Å². The summed E-state index contributed by atoms with van der Waals surface area (Å²) in [5.41, 5.74) is 4.59. The van der Waals surface area contributed by atoms with Crippen LogP contribution in [0.3, 0.4) is 0 Å². The van der Waals surface area contributed by atoms with Crippen molar-refractivity contribution in [1.82, 2.24) is 0 Å². The van der Waals surface area contributed by atoms with Crippen molar-refractivity contribution in [3.8, 4) is 5.75 Å². The standard InChI is InChI=1S/C22H25ClO4/c1-14-9-15(2)22(26-13-20-11-19(24)12-21(25)27-20)17(10-14)6-3-16-4-7-18(23)8-5-16/h4-5,7-10,19-20,24H,3,6,11-13H2,1-2H3. The van der Waals surface area contributed by atoms with Gasteiger partial charge in [-0.25, -0.2) is 0 Å². The van der Waals surface area contributed by atoms with Crippen LogP contribution in [0.2, 0.25) is 5.02 Å². The number of halogens is 1. The lowest BCUT2D eigenvalue weighted by molar-refractivity contribution is -0.162. The van der Waals surface area contributed by atoms with Crippen molar-refractivity contribution in [2.45, 2.75) is 51.7 Å². The second kappa shape index (κ2) is 8.77. The summed E-state index contributed by atoms with van der Waals surface area (Å²) >= 11 is 5.96. The molecular weight excluding hydrogens is 364 g/mol. The Hall–Kier alpha value is -2.04. The predicted molar refractivity (Wildman–Crippen MR) is 105 cm³/mol. The topological polar surface area (TPSA) is 55.8 Å². The van der Waals surface area contributed by atoms with Crippen LogP contribution >= 0.6 is 11.6 Å². The molecule has 3 rings (SSSR count). The monoisotopic (exact) mass is 388 g/mol. The molecule has 4 nitrogen and oxygen atoms in total. The first-order valence-corrected chi connectivity index (χ1v) is 9.63. The summed E-state index contributed by atoms with van der Waals surface area (Å²) in [6, 6.07) is 12.1. The fraction of sp³-hybridized carbons (Fsp3) is 0.409. The first-order chi connectivity index (χ1) is 12.9. The van der Waals surface area contributed by atoms with Crippen LogP contribution in [-0.2, 0) is 22.4 Å². The second-order valence-corrected chi connectivity index (χ2v) is 7.65. The smallest absolute Gasteiger partial charge is 0.308 e. The number of aryl methyl sites for hydroxylation is 4. The van der Waals surface area contributed by atoms with E-state index >= 15 is 0 Å². The van der Waals surface area contributed by atoms with Crippen molar-refractivity contribution in [3.05, 3.63) is 63.7 Å². The van der Waals surface area contributed by atoms with E-state index in [1.807, 2.05) is 31.2 Å². The zero-order chi connectivity index (χ0) is 19.4. The number of benzene rings is 2. The van der Waals surface area contributed by atoms with Gasteiger partial charge in [-0.1, -0.05) is 41.4 Å². The second-order valence-electron chi connectivity index (χ2n) is 7.21. The quantitative estimate of drug-likeness (QED) is 0.754. The number of cyclic esters (lactones) is 1. The predicted octanol–water partition coefficient (Wildman–Crippen LogP) is 4.19. The van der Waals surface area contributed by atoms with Gasteiger partial charge in [0.05, 0.1) is 12.5 Å². The molecule has 0 spiro atoms. The van der Waals surface area contributed by atoms with E-state index in [2.05, 4.69) is 19.1 Å². The zero-order valence-electron chi connectivity index (χ0n) is 15.7. The van der Waals surface area contributed by atoms with Gasteiger partial charge in [-0.05, 0) is 55.5 Å². The van der Waals surface area contributed by atoms with Crippen LogP contribution in [0, 0.1) is 13.8 Å². The third kappa shape index (κ3) is 5.47. The molecule has 1 fully saturated rings. The molecule has 0 amide bonds. The molecule has 1 saturated heterocycles. The van der Waals surface area contributed by atoms with Crippen LogP contribution in [0.4, 0.5) is 0 Å². The number of esters is 1. The lowest BCUT2D eigenvalue weighted by Crippen LogP contribution is -2.36. The highest BCUT2D eigenvalue weighted by molar-refractivity contribution is 6.30. The molecule has 0 aliphatic carbocycles. The molecule has 1 aliphatic heterocycles. The van der Waals surface area contributed by atoms with Crippen molar-refractivity contribution < 1.29 is 19.4 Å². The average Bonchev–Trinajstić information content (AvgIpc) is 2.59. The summed E-state index contributed by atoms with van der Waals surface area (Å²) < 4.78 is 11.3. The molecule has 2 aromatic carbocycles. The van der Waals surface area contributed by atoms with Crippen LogP contribution in [0.1, 0.15) is 35.1 Å². The van der Waals surface area contributed by atoms with Gasteiger partial charge in [0.15, 0.2) is 0 Å². The Balaban J connectivity index is 1.70. The summed E-state index contributed by atoms with van der Waals surface area (Å²) in [5.74, 6) is 0.469. The van der Waals surface area contributed by atoms with Crippen molar-refractivity contribution >= 4 is 17.6 Å². The first-order valence-electron chi connectivity index (χ1n) is 9.25. The van der Waals surface area contributed by atoms with Gasteiger partial charge in [-0.15, -0.1) is 0 Å². The Morgan fingerprint density at radius 1 is 1.19 bits per heavy atom. The number of carbonyl (C=O) groups is 1. The molecule has 144 valence electrons. The first kappa shape index (κ1) is 19.7. The summed E-state index contributed by atoms with van der Waals surface area (Å²) in [4.78, 5) is 11.5. The maximum atomic E-state index is 11.5. The lowest BCUT2D eigenvalue weighted by atomic mass is 9.99. The zero-order valence-corrected chi connectivity index (χ0v) is 16.5. The van der Waals surface area contributed by atoms with E-state index in [-0.39, 0.29) is 19.0 Å². The van der Waals surface area contributed by atoms with Gasteiger partial charge in [-0.2, -0.15) is 0 Å². The van der Waals surface area contributed by atoms with Crippen LogP contribution < -0.4 is 4.74 Å². The average molecular weight is 389 g/mol. The molecule has 1 N–H and O–H groups in total. The minimum absolute atomic E-state index is 0.0619. The van der Waals surface area contributed by atoms with Gasteiger partial charge < -0.3 is 14.6 Å². The molecule has 0 bridgehead atoms. The van der Waals surface area contributed by atoms with Crippen molar-refractivity contribution in [2.75, 3.05) is 6.61 Å². The minimum atomic E-state index is -0.650. The van der Waals surface area contributed by atoms with Gasteiger partial charge in [0.25, 0.3) is 0 Å². The van der Waals surface area contributed by atoms with E-state index in [4.69, 9.17) is 21.1 Å². The highest BCUT2D eigenvalue weighted by Gasteiger charge is 2.28. The number of carbonyl (C=O) groups excluding carboxylic acids is 1. The van der Waals surface area contributed by atoms with Crippen LogP contribution in [0.15, 0.2) is 36.4 Å². The maximum Gasteiger partial charge on any atom is 0.308 e. The molecule has 2 unspecified atom stereocenters. The summed E-state index contributed by atoms with van der Waals surface area (Å²) in [5, 5.41) is 10.5. The molecule has 1 aliphatic rings. The summed E-state index contributed by atoms with van der Waals surface area (Å²) in [6.07, 6.45) is 1.14. The van der Waals surface area contributed by atoms with E-state index in [0.29, 0.717) is 6.42 Å². The van der Waals surface area contributed by atoms with E-state index in [1.54, 1.807) is 0 Å². The molecule has 0 aromatic heterocycles. The van der Waals surface area contributed by atoms with Gasteiger partial charge in [-0.3, -0.25) is 4.79 Å². The van der Waals surface area contributed by atoms with Gasteiger partial charge in [0, 0.05) is 11.4 Å². The third-order valence-corrected chi connectivity index (χ3v) is 4.99. The molecule has 2 atom stereocenters. The van der Waals surface area contributed by atoms with Crippen molar-refractivity contribution in [3.63, 3.8) is 0 Å². The summed E-state index contributed by atoms with van der Waals surface area (Å²) in [7, 11) is 0. The number of aliphatic hydroxyl groups is 1.